The first kappa shape index (κ1) is 16.6. The smallest absolute Gasteiger partial charge is 0.270 e. The van der Waals surface area contributed by atoms with Crippen LogP contribution < -0.4 is 5.32 Å². The lowest BCUT2D eigenvalue weighted by molar-refractivity contribution is -0.384. The van der Waals surface area contributed by atoms with E-state index in [1.807, 2.05) is 38.1 Å². The molecule has 0 aliphatic carbocycles. The number of fused-ring (bicyclic) bond motifs is 1. The largest absolute Gasteiger partial charge is 0.342 e. The fourth-order valence-electron chi connectivity index (χ4n) is 2.66. The summed E-state index contributed by atoms with van der Waals surface area (Å²) in [5, 5.41) is 13.8. The van der Waals surface area contributed by atoms with E-state index in [1.165, 1.54) is 18.2 Å². The number of aromatic nitrogens is 2. The number of nitrogens with one attached hydrogen (secondary N) is 2. The summed E-state index contributed by atoms with van der Waals surface area (Å²) >= 11 is 0. The van der Waals surface area contributed by atoms with Gasteiger partial charge in [0.25, 0.3) is 11.6 Å². The SMILES string of the molecule is CC(C)[C@@H](NC(=O)c1cccc([N+](=O)[O-])c1)c1nc2ccccc2[nH]1. The van der Waals surface area contributed by atoms with Crippen molar-refractivity contribution in [2.75, 3.05) is 0 Å². The van der Waals surface area contributed by atoms with Gasteiger partial charge >= 0.3 is 0 Å². The molecule has 0 radical (unpaired) electrons. The van der Waals surface area contributed by atoms with Crippen LogP contribution in [0.1, 0.15) is 36.1 Å². The number of para-hydroxylation sites is 2. The Morgan fingerprint density at radius 1 is 1.20 bits per heavy atom. The van der Waals surface area contributed by atoms with Crippen LogP contribution >= 0.6 is 0 Å². The summed E-state index contributed by atoms with van der Waals surface area (Å²) in [5.41, 5.74) is 1.86. The van der Waals surface area contributed by atoms with E-state index in [1.54, 1.807) is 6.07 Å². The van der Waals surface area contributed by atoms with Gasteiger partial charge in [-0.1, -0.05) is 32.0 Å². The Bertz CT molecular complexity index is 900. The maximum absolute atomic E-state index is 12.5. The number of amides is 1. The highest BCUT2D eigenvalue weighted by Gasteiger charge is 2.23. The summed E-state index contributed by atoms with van der Waals surface area (Å²) in [6.07, 6.45) is 0. The average Bonchev–Trinajstić information content (AvgIpc) is 3.02. The fourth-order valence-corrected chi connectivity index (χ4v) is 2.66. The number of rotatable bonds is 5. The third kappa shape index (κ3) is 3.50. The van der Waals surface area contributed by atoms with Crippen molar-refractivity contribution >= 4 is 22.6 Å². The molecule has 1 amide bonds. The summed E-state index contributed by atoms with van der Waals surface area (Å²) < 4.78 is 0. The van der Waals surface area contributed by atoms with Gasteiger partial charge in [0.2, 0.25) is 0 Å². The van der Waals surface area contributed by atoms with Crippen LogP contribution in [0.2, 0.25) is 0 Å². The molecule has 3 aromatic rings. The molecule has 7 nitrogen and oxygen atoms in total. The monoisotopic (exact) mass is 338 g/mol. The number of nitrogens with zero attached hydrogens (tertiary/aromatic N) is 2. The summed E-state index contributed by atoms with van der Waals surface area (Å²) in [6.45, 7) is 3.96. The number of hydrogen-bond donors (Lipinski definition) is 2. The molecule has 0 fully saturated rings. The second-order valence-electron chi connectivity index (χ2n) is 6.14. The molecule has 1 aromatic heterocycles. The first-order valence-electron chi connectivity index (χ1n) is 7.95. The third-order valence-corrected chi connectivity index (χ3v) is 3.97. The van der Waals surface area contributed by atoms with Crippen molar-refractivity contribution < 1.29 is 9.72 Å². The molecule has 128 valence electrons. The fraction of sp³-hybridized carbons (Fsp3) is 0.222. The second-order valence-corrected chi connectivity index (χ2v) is 6.14. The molecular formula is C18H18N4O3. The Morgan fingerprint density at radius 2 is 1.96 bits per heavy atom. The molecule has 0 spiro atoms. The number of imidazole rings is 1. The van der Waals surface area contributed by atoms with Gasteiger partial charge in [-0.15, -0.1) is 0 Å². The number of carbonyl (C=O) groups is 1. The predicted molar refractivity (Wildman–Crippen MR) is 94.2 cm³/mol. The predicted octanol–water partition coefficient (Wildman–Crippen LogP) is 3.60. The molecular weight excluding hydrogens is 320 g/mol. The summed E-state index contributed by atoms with van der Waals surface area (Å²) in [5.74, 6) is 0.376. The Kier molecular flexibility index (Phi) is 4.47. The second kappa shape index (κ2) is 6.72. The molecule has 25 heavy (non-hydrogen) atoms. The first-order valence-corrected chi connectivity index (χ1v) is 7.95. The Labute approximate surface area is 144 Å². The molecule has 1 atom stereocenters. The van der Waals surface area contributed by atoms with Crippen LogP contribution in [-0.2, 0) is 0 Å². The van der Waals surface area contributed by atoms with Crippen LogP contribution in [0.5, 0.6) is 0 Å². The third-order valence-electron chi connectivity index (χ3n) is 3.97. The number of aromatic amines is 1. The minimum Gasteiger partial charge on any atom is -0.342 e. The number of H-pyrrole nitrogens is 1. The number of nitro groups is 1. The van der Waals surface area contributed by atoms with E-state index in [0.29, 0.717) is 5.82 Å². The number of benzene rings is 2. The molecule has 0 aliphatic heterocycles. The van der Waals surface area contributed by atoms with E-state index < -0.39 is 4.92 Å². The van der Waals surface area contributed by atoms with Crippen LogP contribution in [0.3, 0.4) is 0 Å². The zero-order valence-electron chi connectivity index (χ0n) is 13.9. The lowest BCUT2D eigenvalue weighted by Gasteiger charge is -2.20. The zero-order valence-corrected chi connectivity index (χ0v) is 13.9. The van der Waals surface area contributed by atoms with E-state index in [4.69, 9.17) is 0 Å². The van der Waals surface area contributed by atoms with Crippen molar-refractivity contribution in [1.29, 1.82) is 0 Å². The number of hydrogen-bond acceptors (Lipinski definition) is 4. The molecule has 0 bridgehead atoms. The highest BCUT2D eigenvalue weighted by atomic mass is 16.6. The van der Waals surface area contributed by atoms with E-state index >= 15 is 0 Å². The van der Waals surface area contributed by atoms with Gasteiger partial charge < -0.3 is 10.3 Å². The molecule has 0 saturated carbocycles. The van der Waals surface area contributed by atoms with Crippen LogP contribution in [0.25, 0.3) is 11.0 Å². The molecule has 1 heterocycles. The summed E-state index contributed by atoms with van der Waals surface area (Å²) in [7, 11) is 0. The first-order chi connectivity index (χ1) is 12.0. The maximum Gasteiger partial charge on any atom is 0.270 e. The Morgan fingerprint density at radius 3 is 2.64 bits per heavy atom. The van der Waals surface area contributed by atoms with Gasteiger partial charge in [0.1, 0.15) is 5.82 Å². The van der Waals surface area contributed by atoms with Gasteiger partial charge in [0, 0.05) is 17.7 Å². The normalized spacial score (nSPS) is 12.3. The molecule has 0 unspecified atom stereocenters. The van der Waals surface area contributed by atoms with E-state index in [-0.39, 0.29) is 29.1 Å². The van der Waals surface area contributed by atoms with Crippen molar-refractivity contribution in [2.24, 2.45) is 5.92 Å². The Hall–Kier alpha value is -3.22. The van der Waals surface area contributed by atoms with Gasteiger partial charge in [-0.3, -0.25) is 14.9 Å². The molecule has 2 aromatic carbocycles. The van der Waals surface area contributed by atoms with Crippen molar-refractivity contribution in [1.82, 2.24) is 15.3 Å². The number of non-ortho nitro benzene ring substituents is 1. The van der Waals surface area contributed by atoms with Crippen molar-refractivity contribution in [3.8, 4) is 0 Å². The summed E-state index contributed by atoms with van der Waals surface area (Å²) in [6, 6.07) is 13.0. The number of carbonyl (C=O) groups excluding carboxylic acids is 1. The topological polar surface area (TPSA) is 101 Å². The zero-order chi connectivity index (χ0) is 18.0. The van der Waals surface area contributed by atoms with Crippen LogP contribution in [0, 0.1) is 16.0 Å². The van der Waals surface area contributed by atoms with E-state index in [2.05, 4.69) is 15.3 Å². The van der Waals surface area contributed by atoms with Gasteiger partial charge in [0.15, 0.2) is 0 Å². The van der Waals surface area contributed by atoms with Crippen molar-refractivity contribution in [3.05, 3.63) is 70.0 Å². The average molecular weight is 338 g/mol. The van der Waals surface area contributed by atoms with Crippen LogP contribution in [0.4, 0.5) is 5.69 Å². The minimum absolute atomic E-state index is 0.0863. The summed E-state index contributed by atoms with van der Waals surface area (Å²) in [4.78, 5) is 30.7. The minimum atomic E-state index is -0.518. The van der Waals surface area contributed by atoms with Gasteiger partial charge in [-0.2, -0.15) is 0 Å². The van der Waals surface area contributed by atoms with E-state index in [9.17, 15) is 14.9 Å². The quantitative estimate of drug-likeness (QED) is 0.548. The molecule has 0 saturated heterocycles. The van der Waals surface area contributed by atoms with Crippen LogP contribution in [-0.4, -0.2) is 20.8 Å². The molecule has 2 N–H and O–H groups in total. The lowest BCUT2D eigenvalue weighted by atomic mass is 10.0. The van der Waals surface area contributed by atoms with E-state index in [0.717, 1.165) is 11.0 Å². The molecule has 3 rings (SSSR count). The van der Waals surface area contributed by atoms with Gasteiger partial charge in [-0.25, -0.2) is 4.98 Å². The molecule has 0 aliphatic rings. The van der Waals surface area contributed by atoms with Gasteiger partial charge in [0.05, 0.1) is 22.0 Å². The van der Waals surface area contributed by atoms with Crippen molar-refractivity contribution in [3.63, 3.8) is 0 Å². The highest BCUT2D eigenvalue weighted by Crippen LogP contribution is 2.23. The molecule has 7 heteroatoms. The lowest BCUT2D eigenvalue weighted by Crippen LogP contribution is -2.32. The van der Waals surface area contributed by atoms with Crippen LogP contribution in [0.15, 0.2) is 48.5 Å². The van der Waals surface area contributed by atoms with Crippen molar-refractivity contribution in [2.45, 2.75) is 19.9 Å². The highest BCUT2D eigenvalue weighted by molar-refractivity contribution is 5.95. The van der Waals surface area contributed by atoms with Gasteiger partial charge in [-0.05, 0) is 24.1 Å². The Balaban J connectivity index is 1.88. The maximum atomic E-state index is 12.5. The number of nitro benzene ring substituents is 1. The standard InChI is InChI=1S/C18H18N4O3/c1-11(2)16(17-19-14-8-3-4-9-15(14)20-17)21-18(23)12-6-5-7-13(10-12)22(24)25/h3-11,16H,1-2H3,(H,19,20)(H,21,23)/t16-/m1/s1.